The number of hydrogen-bond donors (Lipinski definition) is 3. The molecule has 31 heavy (non-hydrogen) atoms. The molecule has 6 heteroatoms. The van der Waals surface area contributed by atoms with Gasteiger partial charge in [0.25, 0.3) is 0 Å². The maximum atomic E-state index is 9.97. The van der Waals surface area contributed by atoms with E-state index in [2.05, 4.69) is 45.2 Å². The number of aliphatic hydroxyl groups excluding tert-OH is 1. The largest absolute Gasteiger partial charge is 0.394 e. The van der Waals surface area contributed by atoms with Crippen molar-refractivity contribution in [3.63, 3.8) is 0 Å². The molecule has 3 heterocycles. The van der Waals surface area contributed by atoms with Crippen molar-refractivity contribution >= 4 is 27.9 Å². The van der Waals surface area contributed by atoms with Crippen molar-refractivity contribution in [2.75, 3.05) is 11.9 Å². The van der Waals surface area contributed by atoms with Crippen LogP contribution in [0.3, 0.4) is 0 Å². The Bertz CT molecular complexity index is 1310. The molecule has 154 valence electrons. The number of nitrogens with one attached hydrogen (secondary N) is 2. The van der Waals surface area contributed by atoms with E-state index in [1.165, 1.54) is 0 Å². The number of aliphatic hydroxyl groups is 1. The Kier molecular flexibility index (Phi) is 5.24. The van der Waals surface area contributed by atoms with E-state index < -0.39 is 0 Å². The van der Waals surface area contributed by atoms with Crippen LogP contribution in [-0.4, -0.2) is 26.9 Å². The SMILES string of the molecule is Cc1[nH]nc2ccc(-c3cc(NC(CO)c4ccccc4)cnc3-c3cccs3)cc12. The summed E-state index contributed by atoms with van der Waals surface area (Å²) in [4.78, 5) is 5.93. The maximum absolute atomic E-state index is 9.97. The van der Waals surface area contributed by atoms with Gasteiger partial charge in [-0.05, 0) is 47.7 Å². The lowest BCUT2D eigenvalue weighted by atomic mass is 10.00. The molecule has 1 atom stereocenters. The van der Waals surface area contributed by atoms with Crippen molar-refractivity contribution in [3.05, 3.63) is 89.6 Å². The molecule has 2 aromatic carbocycles. The van der Waals surface area contributed by atoms with Crippen LogP contribution in [0.4, 0.5) is 5.69 Å². The number of anilines is 1. The second kappa shape index (κ2) is 8.34. The Morgan fingerprint density at radius 1 is 1.06 bits per heavy atom. The van der Waals surface area contributed by atoms with E-state index in [1.807, 2.05) is 55.6 Å². The predicted molar refractivity (Wildman–Crippen MR) is 127 cm³/mol. The molecule has 5 aromatic rings. The van der Waals surface area contributed by atoms with E-state index in [1.54, 1.807) is 11.3 Å². The summed E-state index contributed by atoms with van der Waals surface area (Å²) in [6.45, 7) is 2.02. The summed E-state index contributed by atoms with van der Waals surface area (Å²) >= 11 is 1.67. The minimum Gasteiger partial charge on any atom is -0.394 e. The van der Waals surface area contributed by atoms with Crippen LogP contribution in [0, 0.1) is 6.92 Å². The normalized spacial score (nSPS) is 12.2. The minimum absolute atomic E-state index is 0.00774. The number of thiophene rings is 1. The van der Waals surface area contributed by atoms with Crippen LogP contribution in [0.25, 0.3) is 32.6 Å². The number of fused-ring (bicyclic) bond motifs is 1. The van der Waals surface area contributed by atoms with Crippen molar-refractivity contribution in [1.29, 1.82) is 0 Å². The third-order valence-electron chi connectivity index (χ3n) is 5.42. The average Bonchev–Trinajstić information content (AvgIpc) is 3.48. The number of benzene rings is 2. The minimum atomic E-state index is -0.206. The third-order valence-corrected chi connectivity index (χ3v) is 6.30. The van der Waals surface area contributed by atoms with Gasteiger partial charge in [-0.2, -0.15) is 5.10 Å². The Morgan fingerprint density at radius 2 is 1.94 bits per heavy atom. The molecule has 0 fully saturated rings. The van der Waals surface area contributed by atoms with E-state index in [9.17, 15) is 5.11 Å². The molecule has 0 aliphatic heterocycles. The van der Waals surface area contributed by atoms with Gasteiger partial charge in [-0.25, -0.2) is 0 Å². The van der Waals surface area contributed by atoms with Crippen LogP contribution in [0.2, 0.25) is 0 Å². The van der Waals surface area contributed by atoms with Crippen molar-refractivity contribution in [2.24, 2.45) is 0 Å². The number of pyridine rings is 1. The zero-order valence-corrected chi connectivity index (χ0v) is 17.9. The lowest BCUT2D eigenvalue weighted by molar-refractivity contribution is 0.276. The lowest BCUT2D eigenvalue weighted by Crippen LogP contribution is -2.15. The first-order chi connectivity index (χ1) is 15.2. The number of nitrogens with zero attached hydrogens (tertiary/aromatic N) is 2. The Labute approximate surface area is 184 Å². The quantitative estimate of drug-likeness (QED) is 0.320. The van der Waals surface area contributed by atoms with Gasteiger partial charge in [0.1, 0.15) is 0 Å². The molecule has 0 bridgehead atoms. The van der Waals surface area contributed by atoms with Crippen molar-refractivity contribution in [3.8, 4) is 21.7 Å². The molecule has 0 amide bonds. The van der Waals surface area contributed by atoms with Crippen LogP contribution >= 0.6 is 11.3 Å². The standard InChI is InChI=1S/C25H22N4OS/c1-16-20-12-18(9-10-22(20)29-28-16)21-13-19(14-26-25(21)24-8-5-11-31-24)27-23(15-30)17-6-3-2-4-7-17/h2-14,23,27,30H,15H2,1H3,(H,28,29). The number of hydrogen-bond acceptors (Lipinski definition) is 5. The Balaban J connectivity index is 1.59. The first kappa shape index (κ1) is 19.5. The summed E-state index contributed by atoms with van der Waals surface area (Å²) in [6, 6.07) is 22.3. The van der Waals surface area contributed by atoms with E-state index in [0.29, 0.717) is 0 Å². The van der Waals surface area contributed by atoms with Crippen LogP contribution in [0.15, 0.2) is 78.3 Å². The Hall–Kier alpha value is -3.48. The second-order valence-corrected chi connectivity index (χ2v) is 8.42. The molecule has 0 aliphatic rings. The first-order valence-electron chi connectivity index (χ1n) is 10.1. The summed E-state index contributed by atoms with van der Waals surface area (Å²) in [6.07, 6.45) is 1.84. The highest BCUT2D eigenvalue weighted by atomic mass is 32.1. The highest BCUT2D eigenvalue weighted by Gasteiger charge is 2.15. The number of rotatable bonds is 6. The molecule has 5 rings (SSSR count). The van der Waals surface area contributed by atoms with Gasteiger partial charge in [0.2, 0.25) is 0 Å². The van der Waals surface area contributed by atoms with E-state index >= 15 is 0 Å². The van der Waals surface area contributed by atoms with Gasteiger partial charge in [0.15, 0.2) is 0 Å². The fraction of sp³-hybridized carbons (Fsp3) is 0.120. The van der Waals surface area contributed by atoms with Crippen LogP contribution in [-0.2, 0) is 0 Å². The molecular formula is C25H22N4OS. The highest BCUT2D eigenvalue weighted by molar-refractivity contribution is 7.13. The van der Waals surface area contributed by atoms with Gasteiger partial charge in [0.05, 0.1) is 40.6 Å². The maximum Gasteiger partial charge on any atom is 0.0924 e. The molecule has 0 aliphatic carbocycles. The number of H-pyrrole nitrogens is 1. The molecule has 0 radical (unpaired) electrons. The van der Waals surface area contributed by atoms with E-state index in [4.69, 9.17) is 4.98 Å². The van der Waals surface area contributed by atoms with Crippen molar-refractivity contribution in [1.82, 2.24) is 15.2 Å². The number of aromatic nitrogens is 3. The van der Waals surface area contributed by atoms with Gasteiger partial charge in [0, 0.05) is 16.6 Å². The fourth-order valence-corrected chi connectivity index (χ4v) is 4.54. The molecule has 3 aromatic heterocycles. The molecular weight excluding hydrogens is 404 g/mol. The second-order valence-electron chi connectivity index (χ2n) is 7.47. The molecule has 0 saturated heterocycles. The average molecular weight is 427 g/mol. The van der Waals surface area contributed by atoms with Gasteiger partial charge < -0.3 is 10.4 Å². The lowest BCUT2D eigenvalue weighted by Gasteiger charge is -2.19. The fourth-order valence-electron chi connectivity index (χ4n) is 3.80. The summed E-state index contributed by atoms with van der Waals surface area (Å²) < 4.78 is 0. The monoisotopic (exact) mass is 426 g/mol. The van der Waals surface area contributed by atoms with Crippen LogP contribution in [0.1, 0.15) is 17.3 Å². The van der Waals surface area contributed by atoms with E-state index in [-0.39, 0.29) is 12.6 Å². The zero-order chi connectivity index (χ0) is 21.2. The van der Waals surface area contributed by atoms with Gasteiger partial charge in [-0.3, -0.25) is 10.1 Å². The topological polar surface area (TPSA) is 73.8 Å². The van der Waals surface area contributed by atoms with Crippen LogP contribution < -0.4 is 5.32 Å². The van der Waals surface area contributed by atoms with Gasteiger partial charge in [-0.1, -0.05) is 42.5 Å². The number of aryl methyl sites for hydroxylation is 1. The van der Waals surface area contributed by atoms with Gasteiger partial charge >= 0.3 is 0 Å². The van der Waals surface area contributed by atoms with Crippen LogP contribution in [0.5, 0.6) is 0 Å². The van der Waals surface area contributed by atoms with Crippen molar-refractivity contribution < 1.29 is 5.11 Å². The zero-order valence-electron chi connectivity index (χ0n) is 17.0. The predicted octanol–water partition coefficient (Wildman–Crippen LogP) is 5.81. The number of aromatic amines is 1. The molecule has 1 unspecified atom stereocenters. The smallest absolute Gasteiger partial charge is 0.0924 e. The summed E-state index contributed by atoms with van der Waals surface area (Å²) in [5.41, 5.74) is 6.95. The summed E-state index contributed by atoms with van der Waals surface area (Å²) in [7, 11) is 0. The summed E-state index contributed by atoms with van der Waals surface area (Å²) in [5.74, 6) is 0. The van der Waals surface area contributed by atoms with E-state index in [0.717, 1.165) is 49.5 Å². The first-order valence-corrected chi connectivity index (χ1v) is 11.0. The highest BCUT2D eigenvalue weighted by Crippen LogP contribution is 2.36. The Morgan fingerprint density at radius 3 is 2.71 bits per heavy atom. The van der Waals surface area contributed by atoms with Crippen molar-refractivity contribution in [2.45, 2.75) is 13.0 Å². The van der Waals surface area contributed by atoms with Gasteiger partial charge in [-0.15, -0.1) is 11.3 Å². The summed E-state index contributed by atoms with van der Waals surface area (Å²) in [5, 5.41) is 24.0. The molecule has 0 spiro atoms. The molecule has 5 nitrogen and oxygen atoms in total. The molecule has 0 saturated carbocycles. The third kappa shape index (κ3) is 3.83. The molecule has 3 N–H and O–H groups in total.